The Balaban J connectivity index is 2.70. The van der Waals surface area contributed by atoms with Gasteiger partial charge >= 0.3 is 11.7 Å². The summed E-state index contributed by atoms with van der Waals surface area (Å²) in [6.07, 6.45) is 0.418. The van der Waals surface area contributed by atoms with E-state index in [2.05, 4.69) is 5.32 Å². The van der Waals surface area contributed by atoms with Crippen molar-refractivity contribution in [2.24, 2.45) is 5.92 Å². The number of amides is 1. The fourth-order valence-corrected chi connectivity index (χ4v) is 1.96. The molecule has 1 aromatic rings. The maximum atomic E-state index is 12.0. The van der Waals surface area contributed by atoms with E-state index in [9.17, 15) is 19.7 Å². The first-order valence-corrected chi connectivity index (χ1v) is 6.63. The van der Waals surface area contributed by atoms with Gasteiger partial charge in [0.05, 0.1) is 4.92 Å². The highest BCUT2D eigenvalue weighted by molar-refractivity contribution is 6.33. The van der Waals surface area contributed by atoms with Crippen LogP contribution in [-0.4, -0.2) is 28.5 Å². The molecule has 0 saturated carbocycles. The number of carbonyl (C=O) groups is 2. The molecule has 114 valence electrons. The van der Waals surface area contributed by atoms with Gasteiger partial charge in [0, 0.05) is 13.0 Å². The van der Waals surface area contributed by atoms with E-state index in [1.165, 1.54) is 18.2 Å². The van der Waals surface area contributed by atoms with Crippen molar-refractivity contribution in [3.63, 3.8) is 0 Å². The topological polar surface area (TPSA) is 110 Å². The zero-order valence-corrected chi connectivity index (χ0v) is 12.1. The number of para-hydroxylation sites is 1. The normalized spacial score (nSPS) is 11.7. The standard InChI is InChI=1S/C13H15ClN2O5/c1-8(5-6-11(17)18)7-15-13(19)9-3-2-4-10(14)12(9)16(20)21/h2-4,8H,5-7H2,1H3,(H,15,19)(H,17,18). The number of halogens is 1. The summed E-state index contributed by atoms with van der Waals surface area (Å²) >= 11 is 5.73. The third-order valence-electron chi connectivity index (χ3n) is 2.88. The van der Waals surface area contributed by atoms with Crippen molar-refractivity contribution >= 4 is 29.2 Å². The van der Waals surface area contributed by atoms with Crippen molar-refractivity contribution in [3.8, 4) is 0 Å². The van der Waals surface area contributed by atoms with Gasteiger partial charge in [-0.15, -0.1) is 0 Å². The summed E-state index contributed by atoms with van der Waals surface area (Å²) in [6.45, 7) is 2.02. The van der Waals surface area contributed by atoms with Gasteiger partial charge in [-0.2, -0.15) is 0 Å². The lowest BCUT2D eigenvalue weighted by atomic mass is 10.1. The minimum atomic E-state index is -0.904. The van der Waals surface area contributed by atoms with E-state index < -0.39 is 22.5 Å². The Hall–Kier alpha value is -2.15. The van der Waals surface area contributed by atoms with E-state index in [1.807, 2.05) is 0 Å². The minimum absolute atomic E-state index is 0.00828. The number of nitro groups is 1. The maximum Gasteiger partial charge on any atom is 0.303 e. The lowest BCUT2D eigenvalue weighted by Crippen LogP contribution is -2.29. The highest BCUT2D eigenvalue weighted by Gasteiger charge is 2.23. The number of nitro benzene ring substituents is 1. The molecule has 1 atom stereocenters. The molecule has 21 heavy (non-hydrogen) atoms. The molecule has 0 saturated heterocycles. The molecule has 7 nitrogen and oxygen atoms in total. The number of rotatable bonds is 7. The van der Waals surface area contributed by atoms with Gasteiger partial charge in [0.1, 0.15) is 10.6 Å². The quantitative estimate of drug-likeness (QED) is 0.593. The maximum absolute atomic E-state index is 12.0. The zero-order valence-electron chi connectivity index (χ0n) is 11.3. The van der Waals surface area contributed by atoms with Gasteiger partial charge in [-0.3, -0.25) is 19.7 Å². The van der Waals surface area contributed by atoms with Crippen molar-refractivity contribution < 1.29 is 19.6 Å². The van der Waals surface area contributed by atoms with Crippen LogP contribution in [0.5, 0.6) is 0 Å². The number of hydrogen-bond acceptors (Lipinski definition) is 4. The van der Waals surface area contributed by atoms with Crippen LogP contribution in [0.25, 0.3) is 0 Å². The molecule has 0 bridgehead atoms. The van der Waals surface area contributed by atoms with Gasteiger partial charge in [-0.25, -0.2) is 0 Å². The monoisotopic (exact) mass is 314 g/mol. The van der Waals surface area contributed by atoms with Crippen LogP contribution in [-0.2, 0) is 4.79 Å². The molecular weight excluding hydrogens is 300 g/mol. The molecule has 2 N–H and O–H groups in total. The van der Waals surface area contributed by atoms with Crippen molar-refractivity contribution in [1.82, 2.24) is 5.32 Å². The SMILES string of the molecule is CC(CCC(=O)O)CNC(=O)c1cccc(Cl)c1[N+](=O)[O-]. The van der Waals surface area contributed by atoms with Gasteiger partial charge in [-0.05, 0) is 24.5 Å². The first kappa shape index (κ1) is 16.9. The third kappa shape index (κ3) is 5.03. The summed E-state index contributed by atoms with van der Waals surface area (Å²) in [4.78, 5) is 32.7. The minimum Gasteiger partial charge on any atom is -0.481 e. The summed E-state index contributed by atoms with van der Waals surface area (Å²) in [5, 5.41) is 22.0. The molecule has 0 aliphatic heterocycles. The summed E-state index contributed by atoms with van der Waals surface area (Å²) in [6, 6.07) is 4.12. The van der Waals surface area contributed by atoms with E-state index in [0.717, 1.165) is 0 Å². The predicted octanol–water partition coefficient (Wildman–Crippen LogP) is 2.48. The molecule has 0 heterocycles. The number of nitrogens with one attached hydrogen (secondary N) is 1. The van der Waals surface area contributed by atoms with Crippen molar-refractivity contribution in [1.29, 1.82) is 0 Å². The average molecular weight is 315 g/mol. The molecule has 0 aliphatic carbocycles. The van der Waals surface area contributed by atoms with Gasteiger partial charge < -0.3 is 10.4 Å². The number of benzene rings is 1. The van der Waals surface area contributed by atoms with E-state index >= 15 is 0 Å². The van der Waals surface area contributed by atoms with Crippen LogP contribution in [0, 0.1) is 16.0 Å². The van der Waals surface area contributed by atoms with Gasteiger partial charge in [0.25, 0.3) is 5.91 Å². The van der Waals surface area contributed by atoms with Crippen molar-refractivity contribution in [3.05, 3.63) is 38.9 Å². The summed E-state index contributed by atoms with van der Waals surface area (Å²) in [5.74, 6) is -1.56. The highest BCUT2D eigenvalue weighted by atomic mass is 35.5. The first-order chi connectivity index (χ1) is 9.82. The summed E-state index contributed by atoms with van der Waals surface area (Å²) in [7, 11) is 0. The Bertz CT molecular complexity index is 561. The van der Waals surface area contributed by atoms with E-state index in [4.69, 9.17) is 16.7 Å². The molecule has 0 aromatic heterocycles. The van der Waals surface area contributed by atoms with E-state index in [-0.39, 0.29) is 29.5 Å². The lowest BCUT2D eigenvalue weighted by Gasteiger charge is -2.11. The second-order valence-corrected chi connectivity index (χ2v) is 5.05. The van der Waals surface area contributed by atoms with Crippen LogP contribution in [0.15, 0.2) is 18.2 Å². The van der Waals surface area contributed by atoms with Crippen molar-refractivity contribution in [2.45, 2.75) is 19.8 Å². The molecule has 0 spiro atoms. The Morgan fingerprint density at radius 2 is 2.14 bits per heavy atom. The van der Waals surface area contributed by atoms with Crippen LogP contribution in [0.2, 0.25) is 5.02 Å². The van der Waals surface area contributed by atoms with Gasteiger partial charge in [-0.1, -0.05) is 24.6 Å². The number of carbonyl (C=O) groups excluding carboxylic acids is 1. The number of carboxylic acid groups (broad SMARTS) is 1. The molecule has 8 heteroatoms. The number of nitrogens with zero attached hydrogens (tertiary/aromatic N) is 1. The van der Waals surface area contributed by atoms with Gasteiger partial charge in [0.15, 0.2) is 0 Å². The predicted molar refractivity (Wildman–Crippen MR) is 76.5 cm³/mol. The fraction of sp³-hybridized carbons (Fsp3) is 0.385. The van der Waals surface area contributed by atoms with Crippen LogP contribution in [0.4, 0.5) is 5.69 Å². The van der Waals surface area contributed by atoms with Crippen LogP contribution < -0.4 is 5.32 Å². The zero-order chi connectivity index (χ0) is 16.0. The second kappa shape index (κ2) is 7.58. The molecule has 1 unspecified atom stereocenters. The Morgan fingerprint density at radius 1 is 1.48 bits per heavy atom. The molecule has 1 rings (SSSR count). The lowest BCUT2D eigenvalue weighted by molar-refractivity contribution is -0.385. The Kier molecular flexibility index (Phi) is 6.10. The van der Waals surface area contributed by atoms with Crippen LogP contribution in [0.3, 0.4) is 0 Å². The molecule has 1 aromatic carbocycles. The second-order valence-electron chi connectivity index (χ2n) is 4.64. The largest absolute Gasteiger partial charge is 0.481 e. The van der Waals surface area contributed by atoms with E-state index in [0.29, 0.717) is 6.42 Å². The number of aliphatic carboxylic acids is 1. The molecule has 0 radical (unpaired) electrons. The van der Waals surface area contributed by atoms with Gasteiger partial charge in [0.2, 0.25) is 0 Å². The first-order valence-electron chi connectivity index (χ1n) is 6.25. The molecule has 1 amide bonds. The highest BCUT2D eigenvalue weighted by Crippen LogP contribution is 2.28. The summed E-state index contributed by atoms with van der Waals surface area (Å²) < 4.78 is 0. The van der Waals surface area contributed by atoms with E-state index in [1.54, 1.807) is 6.92 Å². The smallest absolute Gasteiger partial charge is 0.303 e. The van der Waals surface area contributed by atoms with Crippen molar-refractivity contribution in [2.75, 3.05) is 6.54 Å². The van der Waals surface area contributed by atoms with Crippen LogP contribution in [0.1, 0.15) is 30.1 Å². The fourth-order valence-electron chi connectivity index (χ4n) is 1.72. The number of carboxylic acids is 1. The molecular formula is C13H15ClN2O5. The third-order valence-corrected chi connectivity index (χ3v) is 3.18. The molecule has 0 aliphatic rings. The number of hydrogen-bond donors (Lipinski definition) is 2. The Morgan fingerprint density at radius 3 is 2.71 bits per heavy atom. The molecule has 0 fully saturated rings. The van der Waals surface area contributed by atoms with Crippen LogP contribution >= 0.6 is 11.6 Å². The average Bonchev–Trinajstić information content (AvgIpc) is 2.41. The summed E-state index contributed by atoms with van der Waals surface area (Å²) in [5.41, 5.74) is -0.548. The Labute approximate surface area is 126 Å².